The summed E-state index contributed by atoms with van der Waals surface area (Å²) in [6.45, 7) is 4.85. The molecule has 1 aliphatic heterocycles. The topological polar surface area (TPSA) is 47.6 Å². The number of urea groups is 1. The molecule has 1 aromatic heterocycles. The van der Waals surface area contributed by atoms with Crippen molar-refractivity contribution < 1.29 is 22.4 Å². The van der Waals surface area contributed by atoms with E-state index in [-0.39, 0.29) is 6.03 Å². The molecule has 1 aliphatic rings. The summed E-state index contributed by atoms with van der Waals surface area (Å²) in [5.74, 6) is -0.402. The Labute approximate surface area is 199 Å². The minimum absolute atomic E-state index is 0.357. The number of benzene rings is 2. The van der Waals surface area contributed by atoms with Crippen LogP contribution in [-0.4, -0.2) is 50.2 Å². The van der Waals surface area contributed by atoms with Crippen LogP contribution < -0.4 is 15.5 Å². The Morgan fingerprint density at radius 2 is 1.82 bits per heavy atom. The first-order chi connectivity index (χ1) is 16.3. The van der Waals surface area contributed by atoms with Crippen molar-refractivity contribution in [2.24, 2.45) is 0 Å². The first kappa shape index (κ1) is 24.3. The zero-order chi connectivity index (χ0) is 24.1. The molecule has 10 heteroatoms. The maximum atomic E-state index is 13.2. The first-order valence-corrected chi connectivity index (χ1v) is 12.0. The van der Waals surface area contributed by atoms with E-state index in [9.17, 15) is 22.4 Å². The average molecular weight is 495 g/mol. The van der Waals surface area contributed by atoms with Gasteiger partial charge in [-0.05, 0) is 49.7 Å². The van der Waals surface area contributed by atoms with Gasteiger partial charge < -0.3 is 15.5 Å². The fourth-order valence-corrected chi connectivity index (χ4v) is 5.06. The molecule has 4 rings (SSSR count). The van der Waals surface area contributed by atoms with Crippen LogP contribution in [0.25, 0.3) is 10.1 Å². The molecule has 0 spiro atoms. The normalized spacial score (nSPS) is 15.0. The number of unbranched alkanes of at least 4 members (excludes halogenated alkanes) is 1. The summed E-state index contributed by atoms with van der Waals surface area (Å²) < 4.78 is 52.7. The summed E-state index contributed by atoms with van der Waals surface area (Å²) in [6.07, 6.45) is -2.57. The van der Waals surface area contributed by atoms with Crippen molar-refractivity contribution in [3.8, 4) is 0 Å². The fourth-order valence-electron chi connectivity index (χ4n) is 4.05. The number of amides is 2. The number of alkyl halides is 3. The maximum Gasteiger partial charge on any atom is 0.416 e. The van der Waals surface area contributed by atoms with E-state index in [0.29, 0.717) is 16.9 Å². The summed E-state index contributed by atoms with van der Waals surface area (Å²) in [7, 11) is 0. The summed E-state index contributed by atoms with van der Waals surface area (Å²) in [5, 5.41) is 8.19. The summed E-state index contributed by atoms with van der Waals surface area (Å²) in [4.78, 5) is 16.5. The molecule has 0 aliphatic carbocycles. The third kappa shape index (κ3) is 6.18. The van der Waals surface area contributed by atoms with Crippen LogP contribution in [0, 0.1) is 5.82 Å². The number of rotatable bonds is 7. The molecule has 0 bridgehead atoms. The summed E-state index contributed by atoms with van der Waals surface area (Å²) in [5.41, 5.74) is 0.801. The van der Waals surface area contributed by atoms with Gasteiger partial charge in [0, 0.05) is 53.9 Å². The molecule has 3 aromatic rings. The molecule has 5 nitrogen and oxygen atoms in total. The minimum Gasteiger partial charge on any atom is -0.368 e. The second-order valence-corrected chi connectivity index (χ2v) is 9.17. The third-order valence-corrected chi connectivity index (χ3v) is 6.80. The van der Waals surface area contributed by atoms with E-state index in [1.54, 1.807) is 12.1 Å². The van der Waals surface area contributed by atoms with E-state index in [1.165, 1.54) is 35.6 Å². The number of nitrogens with one attached hydrogen (secondary N) is 2. The lowest BCUT2D eigenvalue weighted by atomic mass is 10.1. The number of thiophene rings is 1. The van der Waals surface area contributed by atoms with Crippen molar-refractivity contribution in [3.05, 3.63) is 59.2 Å². The second kappa shape index (κ2) is 10.6. The first-order valence-electron chi connectivity index (χ1n) is 11.2. The average Bonchev–Trinajstić information content (AvgIpc) is 3.22. The molecule has 0 unspecified atom stereocenters. The molecule has 0 atom stereocenters. The number of carbonyl (C=O) groups is 1. The number of nitrogens with zero attached hydrogens (tertiary/aromatic N) is 2. The zero-order valence-electron chi connectivity index (χ0n) is 18.5. The van der Waals surface area contributed by atoms with Crippen LogP contribution in [0.3, 0.4) is 0 Å². The van der Waals surface area contributed by atoms with E-state index in [2.05, 4.69) is 20.4 Å². The number of hydrogen-bond acceptors (Lipinski definition) is 4. The van der Waals surface area contributed by atoms with Crippen molar-refractivity contribution in [2.45, 2.75) is 19.0 Å². The van der Waals surface area contributed by atoms with Gasteiger partial charge in [-0.15, -0.1) is 11.3 Å². The summed E-state index contributed by atoms with van der Waals surface area (Å²) >= 11 is 1.35. The molecule has 2 aromatic carbocycles. The number of anilines is 2. The lowest BCUT2D eigenvalue weighted by molar-refractivity contribution is -0.137. The molecule has 0 radical (unpaired) electrons. The van der Waals surface area contributed by atoms with E-state index in [0.717, 1.165) is 62.7 Å². The second-order valence-electron chi connectivity index (χ2n) is 8.26. The Morgan fingerprint density at radius 3 is 2.56 bits per heavy atom. The minimum atomic E-state index is -4.33. The Morgan fingerprint density at radius 1 is 1.03 bits per heavy atom. The SMILES string of the molecule is O=C(NCCCCN1CCN(c2csc3cc(C(F)(F)F)ccc23)CC1)Nc1cccc(F)c1. The van der Waals surface area contributed by atoms with Crippen molar-refractivity contribution in [1.29, 1.82) is 0 Å². The highest BCUT2D eigenvalue weighted by molar-refractivity contribution is 7.17. The predicted molar refractivity (Wildman–Crippen MR) is 128 cm³/mol. The van der Waals surface area contributed by atoms with Gasteiger partial charge in [0.05, 0.1) is 11.3 Å². The molecule has 1 fully saturated rings. The standard InChI is InChI=1S/C24H26F4N4OS/c25-18-4-3-5-19(15-18)30-23(33)29-8-1-2-9-31-10-12-32(13-11-31)21-16-34-22-14-17(24(26,27)28)6-7-20(21)22/h3-7,14-16H,1-2,8-13H2,(H2,29,30,33). The highest BCUT2D eigenvalue weighted by Crippen LogP contribution is 2.38. The van der Waals surface area contributed by atoms with Gasteiger partial charge in [0.25, 0.3) is 0 Å². The van der Waals surface area contributed by atoms with Gasteiger partial charge in [0.2, 0.25) is 0 Å². The van der Waals surface area contributed by atoms with Crippen molar-refractivity contribution in [3.63, 3.8) is 0 Å². The van der Waals surface area contributed by atoms with Gasteiger partial charge >= 0.3 is 12.2 Å². The maximum absolute atomic E-state index is 13.2. The molecule has 2 amide bonds. The molecular weight excluding hydrogens is 468 g/mol. The van der Waals surface area contributed by atoms with Gasteiger partial charge in [-0.25, -0.2) is 9.18 Å². The van der Waals surface area contributed by atoms with Crippen molar-refractivity contribution in [1.82, 2.24) is 10.2 Å². The lowest BCUT2D eigenvalue weighted by Crippen LogP contribution is -2.46. The van der Waals surface area contributed by atoms with Gasteiger partial charge in [-0.2, -0.15) is 13.2 Å². The Hall–Kier alpha value is -2.85. The van der Waals surface area contributed by atoms with Crippen LogP contribution in [0.2, 0.25) is 0 Å². The van der Waals surface area contributed by atoms with Gasteiger partial charge in [0.15, 0.2) is 0 Å². The van der Waals surface area contributed by atoms with Crippen LogP contribution in [0.15, 0.2) is 47.8 Å². The quantitative estimate of drug-likeness (QED) is 0.323. The largest absolute Gasteiger partial charge is 0.416 e. The van der Waals surface area contributed by atoms with Crippen LogP contribution in [-0.2, 0) is 6.18 Å². The Balaban J connectivity index is 1.17. The fraction of sp³-hybridized carbons (Fsp3) is 0.375. The number of carbonyl (C=O) groups excluding carboxylic acids is 1. The predicted octanol–water partition coefficient (Wildman–Crippen LogP) is 5.78. The molecule has 2 heterocycles. The van der Waals surface area contributed by atoms with Crippen molar-refractivity contribution >= 4 is 38.8 Å². The molecule has 182 valence electrons. The van der Waals surface area contributed by atoms with E-state index in [1.807, 2.05) is 5.38 Å². The van der Waals surface area contributed by atoms with Crippen molar-refractivity contribution in [2.75, 3.05) is 49.5 Å². The van der Waals surface area contributed by atoms with Crippen LogP contribution in [0.4, 0.5) is 33.7 Å². The lowest BCUT2D eigenvalue weighted by Gasteiger charge is -2.36. The number of piperazine rings is 1. The van der Waals surface area contributed by atoms with Gasteiger partial charge in [-0.1, -0.05) is 12.1 Å². The van der Waals surface area contributed by atoms with Gasteiger partial charge in [0.1, 0.15) is 5.82 Å². The molecular formula is C24H26F4N4OS. The Kier molecular flexibility index (Phi) is 7.57. The van der Waals surface area contributed by atoms with E-state index in [4.69, 9.17) is 0 Å². The molecule has 0 saturated carbocycles. The number of halogens is 4. The highest BCUT2D eigenvalue weighted by atomic mass is 32.1. The van der Waals surface area contributed by atoms with Gasteiger partial charge in [-0.3, -0.25) is 4.90 Å². The number of fused-ring (bicyclic) bond motifs is 1. The highest BCUT2D eigenvalue weighted by Gasteiger charge is 2.31. The zero-order valence-corrected chi connectivity index (χ0v) is 19.3. The molecule has 2 N–H and O–H groups in total. The number of hydrogen-bond donors (Lipinski definition) is 2. The summed E-state index contributed by atoms with van der Waals surface area (Å²) in [6, 6.07) is 9.35. The smallest absolute Gasteiger partial charge is 0.368 e. The molecule has 34 heavy (non-hydrogen) atoms. The van der Waals surface area contributed by atoms with Crippen LogP contribution in [0.5, 0.6) is 0 Å². The van der Waals surface area contributed by atoms with E-state index < -0.39 is 17.6 Å². The van der Waals surface area contributed by atoms with Crippen LogP contribution in [0.1, 0.15) is 18.4 Å². The van der Waals surface area contributed by atoms with Crippen LogP contribution >= 0.6 is 11.3 Å². The van der Waals surface area contributed by atoms with E-state index >= 15 is 0 Å². The molecule has 1 saturated heterocycles. The Bertz CT molecular complexity index is 1130. The monoisotopic (exact) mass is 494 g/mol. The third-order valence-electron chi connectivity index (χ3n) is 5.86.